The molecular weight excluding hydrogens is 246 g/mol. The van der Waals surface area contributed by atoms with Gasteiger partial charge in [0.1, 0.15) is 0 Å². The third kappa shape index (κ3) is 2.91. The van der Waals surface area contributed by atoms with Crippen molar-refractivity contribution in [3.63, 3.8) is 0 Å². The van der Waals surface area contributed by atoms with E-state index in [1.807, 2.05) is 6.07 Å². The maximum absolute atomic E-state index is 11.5. The van der Waals surface area contributed by atoms with Gasteiger partial charge in [0.25, 0.3) is 5.91 Å². The summed E-state index contributed by atoms with van der Waals surface area (Å²) >= 11 is 1.52. The molecule has 0 saturated carbocycles. The lowest BCUT2D eigenvalue weighted by Gasteiger charge is -2.33. The summed E-state index contributed by atoms with van der Waals surface area (Å²) in [6, 6.07) is 2.62. The summed E-state index contributed by atoms with van der Waals surface area (Å²) < 4.78 is 0. The minimum atomic E-state index is -0.193. The first-order chi connectivity index (χ1) is 8.61. The highest BCUT2D eigenvalue weighted by Crippen LogP contribution is 2.25. The van der Waals surface area contributed by atoms with E-state index < -0.39 is 0 Å². The van der Waals surface area contributed by atoms with Crippen molar-refractivity contribution in [1.29, 1.82) is 0 Å². The molecule has 0 aliphatic carbocycles. The monoisotopic (exact) mass is 267 g/mol. The molecule has 1 fully saturated rings. The second-order valence-corrected chi connectivity index (χ2v) is 6.24. The summed E-state index contributed by atoms with van der Waals surface area (Å²) in [7, 11) is 0. The number of likely N-dealkylation sites (tertiary alicyclic amines) is 1. The maximum Gasteiger partial charge on any atom is 0.275 e. The first-order valence-electron chi connectivity index (χ1n) is 6.46. The number of nitrogens with one attached hydrogen (secondary N) is 1. The van der Waals surface area contributed by atoms with Crippen LogP contribution >= 0.6 is 11.3 Å². The average Bonchev–Trinajstić information content (AvgIpc) is 2.73. The van der Waals surface area contributed by atoms with Crippen LogP contribution in [0.3, 0.4) is 0 Å². The fraction of sp³-hybridized carbons (Fsp3) is 0.615. The highest BCUT2D eigenvalue weighted by atomic mass is 32.1. The van der Waals surface area contributed by atoms with Gasteiger partial charge in [0, 0.05) is 17.5 Å². The Kier molecular flexibility index (Phi) is 4.37. The topological polar surface area (TPSA) is 58.4 Å². The molecule has 0 aromatic carbocycles. The van der Waals surface area contributed by atoms with Crippen molar-refractivity contribution < 1.29 is 4.79 Å². The van der Waals surface area contributed by atoms with E-state index in [1.165, 1.54) is 41.0 Å². The van der Waals surface area contributed by atoms with Gasteiger partial charge in [-0.3, -0.25) is 15.1 Å². The second kappa shape index (κ2) is 5.82. The van der Waals surface area contributed by atoms with Gasteiger partial charge in [-0.05, 0) is 44.9 Å². The first kappa shape index (κ1) is 13.5. The average molecular weight is 267 g/mol. The standard InChI is InChI=1S/C13H21N3OS/c1-9-5-3-4-6-16(9)8-11-7-12(13(17)15-14)18-10(11)2/h7,9H,3-6,8,14H2,1-2H3,(H,15,17). The third-order valence-corrected chi connectivity index (χ3v) is 4.78. The number of hydrogen-bond donors (Lipinski definition) is 2. The molecule has 1 aliphatic heterocycles. The Morgan fingerprint density at radius 1 is 1.61 bits per heavy atom. The van der Waals surface area contributed by atoms with E-state index in [9.17, 15) is 4.79 Å². The van der Waals surface area contributed by atoms with Gasteiger partial charge in [-0.15, -0.1) is 11.3 Å². The molecule has 1 amide bonds. The first-order valence-corrected chi connectivity index (χ1v) is 7.27. The SMILES string of the molecule is Cc1sc(C(=O)NN)cc1CN1CCCCC1C. The molecule has 1 atom stereocenters. The van der Waals surface area contributed by atoms with Crippen LogP contribution in [0.5, 0.6) is 0 Å². The van der Waals surface area contributed by atoms with E-state index in [1.54, 1.807) is 0 Å². The van der Waals surface area contributed by atoms with Gasteiger partial charge in [-0.1, -0.05) is 6.42 Å². The van der Waals surface area contributed by atoms with Crippen LogP contribution in [0.1, 0.15) is 46.3 Å². The van der Waals surface area contributed by atoms with E-state index in [2.05, 4.69) is 24.2 Å². The van der Waals surface area contributed by atoms with Crippen molar-refractivity contribution in [3.8, 4) is 0 Å². The second-order valence-electron chi connectivity index (χ2n) is 4.98. The van der Waals surface area contributed by atoms with Crippen LogP contribution in [0.25, 0.3) is 0 Å². The summed E-state index contributed by atoms with van der Waals surface area (Å²) in [5.41, 5.74) is 3.45. The minimum Gasteiger partial charge on any atom is -0.296 e. The number of nitrogens with zero attached hydrogens (tertiary/aromatic N) is 1. The van der Waals surface area contributed by atoms with Crippen molar-refractivity contribution >= 4 is 17.2 Å². The van der Waals surface area contributed by atoms with Crippen LogP contribution in [0.2, 0.25) is 0 Å². The quantitative estimate of drug-likeness (QED) is 0.500. The number of rotatable bonds is 3. The van der Waals surface area contributed by atoms with Crippen molar-refractivity contribution in [3.05, 3.63) is 21.4 Å². The largest absolute Gasteiger partial charge is 0.296 e. The number of aryl methyl sites for hydroxylation is 1. The van der Waals surface area contributed by atoms with Gasteiger partial charge in [0.15, 0.2) is 0 Å². The number of thiophene rings is 1. The van der Waals surface area contributed by atoms with Gasteiger partial charge in [-0.25, -0.2) is 5.84 Å². The predicted molar refractivity (Wildman–Crippen MR) is 74.4 cm³/mol. The molecule has 2 heterocycles. The zero-order chi connectivity index (χ0) is 13.1. The van der Waals surface area contributed by atoms with Crippen LogP contribution < -0.4 is 11.3 Å². The maximum atomic E-state index is 11.5. The van der Waals surface area contributed by atoms with Crippen LogP contribution in [0, 0.1) is 6.92 Å². The number of carbonyl (C=O) groups is 1. The molecule has 18 heavy (non-hydrogen) atoms. The van der Waals surface area contributed by atoms with Crippen LogP contribution in [-0.2, 0) is 6.54 Å². The minimum absolute atomic E-state index is 0.193. The summed E-state index contributed by atoms with van der Waals surface area (Å²) in [6.07, 6.45) is 3.89. The van der Waals surface area contributed by atoms with Crippen LogP contribution in [-0.4, -0.2) is 23.4 Å². The molecule has 5 heteroatoms. The van der Waals surface area contributed by atoms with E-state index in [-0.39, 0.29) is 5.91 Å². The predicted octanol–water partition coefficient (Wildman–Crippen LogP) is 2.03. The molecule has 1 aromatic rings. The molecule has 0 spiro atoms. The fourth-order valence-corrected chi connectivity index (χ4v) is 3.41. The number of piperidine rings is 1. The van der Waals surface area contributed by atoms with Gasteiger partial charge >= 0.3 is 0 Å². The number of nitrogens with two attached hydrogens (primary N) is 1. The lowest BCUT2D eigenvalue weighted by Crippen LogP contribution is -2.36. The van der Waals surface area contributed by atoms with E-state index in [0.29, 0.717) is 10.9 Å². The molecule has 100 valence electrons. The molecule has 0 radical (unpaired) electrons. The van der Waals surface area contributed by atoms with E-state index >= 15 is 0 Å². The summed E-state index contributed by atoms with van der Waals surface area (Å²) in [5.74, 6) is 4.97. The lowest BCUT2D eigenvalue weighted by molar-refractivity contribution is 0.0957. The summed E-state index contributed by atoms with van der Waals surface area (Å²) in [4.78, 5) is 15.9. The molecule has 0 bridgehead atoms. The lowest BCUT2D eigenvalue weighted by atomic mass is 10.0. The Bertz CT molecular complexity index is 430. The van der Waals surface area contributed by atoms with Crippen molar-refractivity contribution in [2.45, 2.75) is 45.7 Å². The Balaban J connectivity index is 2.09. The van der Waals surface area contributed by atoms with Crippen LogP contribution in [0.15, 0.2) is 6.07 Å². The molecule has 1 unspecified atom stereocenters. The smallest absolute Gasteiger partial charge is 0.275 e. The highest BCUT2D eigenvalue weighted by molar-refractivity contribution is 7.14. The van der Waals surface area contributed by atoms with Crippen molar-refractivity contribution in [1.82, 2.24) is 10.3 Å². The van der Waals surface area contributed by atoms with Crippen molar-refractivity contribution in [2.75, 3.05) is 6.54 Å². The Hall–Kier alpha value is -0.910. The number of hydrogen-bond acceptors (Lipinski definition) is 4. The van der Waals surface area contributed by atoms with Crippen molar-refractivity contribution in [2.24, 2.45) is 5.84 Å². The van der Waals surface area contributed by atoms with Gasteiger partial charge in [0.05, 0.1) is 4.88 Å². The summed E-state index contributed by atoms with van der Waals surface area (Å²) in [5, 5.41) is 0. The highest BCUT2D eigenvalue weighted by Gasteiger charge is 2.20. The van der Waals surface area contributed by atoms with Gasteiger partial charge < -0.3 is 0 Å². The van der Waals surface area contributed by atoms with E-state index in [0.717, 1.165) is 13.1 Å². The third-order valence-electron chi connectivity index (χ3n) is 3.69. The molecule has 2 rings (SSSR count). The fourth-order valence-electron chi connectivity index (χ4n) is 2.47. The van der Waals surface area contributed by atoms with Gasteiger partial charge in [0.2, 0.25) is 0 Å². The number of carbonyl (C=O) groups excluding carboxylic acids is 1. The number of amides is 1. The molecular formula is C13H21N3OS. The summed E-state index contributed by atoms with van der Waals surface area (Å²) in [6.45, 7) is 6.46. The molecule has 1 aliphatic rings. The molecule has 1 saturated heterocycles. The Morgan fingerprint density at radius 3 is 3.06 bits per heavy atom. The normalized spacial score (nSPS) is 20.9. The van der Waals surface area contributed by atoms with Gasteiger partial charge in [-0.2, -0.15) is 0 Å². The molecule has 1 aromatic heterocycles. The molecule has 4 nitrogen and oxygen atoms in total. The van der Waals surface area contributed by atoms with Crippen LogP contribution in [0.4, 0.5) is 0 Å². The Labute approximate surface area is 112 Å². The zero-order valence-electron chi connectivity index (χ0n) is 11.0. The Morgan fingerprint density at radius 2 is 2.39 bits per heavy atom. The number of nitrogen functional groups attached to an aromatic ring is 1. The zero-order valence-corrected chi connectivity index (χ0v) is 11.8. The number of hydrazine groups is 1. The molecule has 3 N–H and O–H groups in total. The van der Waals surface area contributed by atoms with E-state index in [4.69, 9.17) is 5.84 Å².